The number of fused-ring (bicyclic) bond motifs is 1. The molecule has 2 aliphatic rings. The lowest BCUT2D eigenvalue weighted by Crippen LogP contribution is -2.59. The molecule has 0 amide bonds. The predicted molar refractivity (Wildman–Crippen MR) is 120 cm³/mol. The van der Waals surface area contributed by atoms with Crippen molar-refractivity contribution in [2.75, 3.05) is 13.7 Å². The van der Waals surface area contributed by atoms with E-state index in [1.807, 2.05) is 0 Å². The van der Waals surface area contributed by atoms with Crippen LogP contribution >= 0.6 is 0 Å². The number of hydrogen-bond donors (Lipinski definition) is 6. The van der Waals surface area contributed by atoms with Gasteiger partial charge in [0.1, 0.15) is 54.0 Å². The topological polar surface area (TPSA) is 185 Å². The number of carbonyl (C=O) groups is 1. The fraction of sp³-hybridized carbons (Fsp3) is 0.375. The summed E-state index contributed by atoms with van der Waals surface area (Å²) in [5.41, 5.74) is 0.582. The van der Waals surface area contributed by atoms with Crippen molar-refractivity contribution in [1.29, 1.82) is 0 Å². The highest BCUT2D eigenvalue weighted by Crippen LogP contribution is 2.45. The minimum absolute atomic E-state index is 0.00936. The molecule has 0 spiro atoms. The maximum Gasteiger partial charge on any atom is 0.302 e. The molecule has 1 unspecified atom stereocenters. The number of benzene rings is 2. The van der Waals surface area contributed by atoms with Gasteiger partial charge in [0.2, 0.25) is 6.29 Å². The van der Waals surface area contributed by atoms with Crippen LogP contribution in [0.3, 0.4) is 0 Å². The Labute approximate surface area is 205 Å². The highest BCUT2D eigenvalue weighted by Gasteiger charge is 2.46. The number of ether oxygens (including phenoxy) is 5. The number of phenols is 3. The van der Waals surface area contributed by atoms with Gasteiger partial charge in [-0.3, -0.25) is 4.79 Å². The van der Waals surface area contributed by atoms with Crippen molar-refractivity contribution in [2.45, 2.75) is 43.7 Å². The Balaban J connectivity index is 1.70. The smallest absolute Gasteiger partial charge is 0.302 e. The maximum absolute atomic E-state index is 11.2. The molecule has 1 fully saturated rings. The van der Waals surface area contributed by atoms with Crippen LogP contribution in [0.15, 0.2) is 36.1 Å². The normalized spacial score (nSPS) is 27.3. The SMILES string of the molecule is COc1cc(C2Oc3cc(O)cc(O)c3C=C2O[C@@H]2O[C@H](COC(C)=O)[C@@H](O)[C@H](O)[C@H]2O)ccc1O. The zero-order valence-corrected chi connectivity index (χ0v) is 19.3. The standard InChI is InChI=1S/C24H26O12/c1-10(25)33-9-19-20(29)21(30)22(31)24(36-19)35-18-8-13-15(28)6-12(26)7-16(13)34-23(18)11-3-4-14(27)17(5-11)32-2/h3-8,19-24,26-31H,9H2,1-2H3/t19-,20-,21+,22-,23?,24-/m1/s1. The van der Waals surface area contributed by atoms with Gasteiger partial charge in [-0.1, -0.05) is 6.07 Å². The third kappa shape index (κ3) is 4.97. The monoisotopic (exact) mass is 506 g/mol. The third-order valence-corrected chi connectivity index (χ3v) is 5.77. The summed E-state index contributed by atoms with van der Waals surface area (Å²) in [6.07, 6.45) is -7.38. The summed E-state index contributed by atoms with van der Waals surface area (Å²) in [6, 6.07) is 6.75. The lowest BCUT2D eigenvalue weighted by atomic mass is 9.98. The molecule has 12 nitrogen and oxygen atoms in total. The summed E-state index contributed by atoms with van der Waals surface area (Å²) in [4.78, 5) is 11.2. The highest BCUT2D eigenvalue weighted by molar-refractivity contribution is 5.70. The minimum atomic E-state index is -1.71. The number of hydrogen-bond acceptors (Lipinski definition) is 12. The van der Waals surface area contributed by atoms with E-state index >= 15 is 0 Å². The molecule has 6 atom stereocenters. The summed E-state index contributed by atoms with van der Waals surface area (Å²) in [6.45, 7) is 0.758. The van der Waals surface area contributed by atoms with Gasteiger partial charge < -0.3 is 54.3 Å². The third-order valence-electron chi connectivity index (χ3n) is 5.77. The Kier molecular flexibility index (Phi) is 7.13. The first-order valence-corrected chi connectivity index (χ1v) is 10.9. The van der Waals surface area contributed by atoms with E-state index in [-0.39, 0.29) is 40.1 Å². The lowest BCUT2D eigenvalue weighted by molar-refractivity contribution is -0.294. The molecule has 194 valence electrons. The molecule has 0 bridgehead atoms. The summed E-state index contributed by atoms with van der Waals surface area (Å²) in [5.74, 6) is -1.07. The number of methoxy groups -OCH3 is 1. The fourth-order valence-corrected chi connectivity index (χ4v) is 3.91. The van der Waals surface area contributed by atoms with Crippen molar-refractivity contribution in [3.63, 3.8) is 0 Å². The Morgan fingerprint density at radius 2 is 1.75 bits per heavy atom. The molecule has 1 saturated heterocycles. The van der Waals surface area contributed by atoms with Gasteiger partial charge in [0.25, 0.3) is 0 Å². The average molecular weight is 506 g/mol. The second-order valence-electron chi connectivity index (χ2n) is 8.29. The Morgan fingerprint density at radius 3 is 2.44 bits per heavy atom. The largest absolute Gasteiger partial charge is 0.508 e. The van der Waals surface area contributed by atoms with Crippen molar-refractivity contribution in [3.8, 4) is 28.7 Å². The van der Waals surface area contributed by atoms with Gasteiger partial charge in [0.15, 0.2) is 17.6 Å². The van der Waals surface area contributed by atoms with Crippen molar-refractivity contribution in [1.82, 2.24) is 0 Å². The van der Waals surface area contributed by atoms with E-state index in [1.165, 1.54) is 37.5 Å². The van der Waals surface area contributed by atoms with E-state index in [9.17, 15) is 35.4 Å². The molecule has 4 rings (SSSR count). The molecule has 2 aliphatic heterocycles. The van der Waals surface area contributed by atoms with E-state index in [0.717, 1.165) is 13.0 Å². The zero-order valence-electron chi connectivity index (χ0n) is 19.3. The van der Waals surface area contributed by atoms with Crippen molar-refractivity contribution in [2.24, 2.45) is 0 Å². The molecule has 2 heterocycles. The van der Waals surface area contributed by atoms with Gasteiger partial charge in [-0.2, -0.15) is 0 Å². The number of aromatic hydroxyl groups is 3. The Morgan fingerprint density at radius 1 is 1.00 bits per heavy atom. The number of carbonyl (C=O) groups excluding carboxylic acids is 1. The van der Waals surface area contributed by atoms with Crippen LogP contribution in [0.4, 0.5) is 0 Å². The highest BCUT2D eigenvalue weighted by atomic mass is 16.7. The number of rotatable bonds is 6. The molecule has 0 radical (unpaired) electrons. The minimum Gasteiger partial charge on any atom is -0.508 e. The van der Waals surface area contributed by atoms with Gasteiger partial charge in [-0.25, -0.2) is 0 Å². The number of aliphatic hydroxyl groups is 3. The fourth-order valence-electron chi connectivity index (χ4n) is 3.91. The van der Waals surface area contributed by atoms with Crippen LogP contribution < -0.4 is 9.47 Å². The van der Waals surface area contributed by atoms with Gasteiger partial charge in [0.05, 0.1) is 12.7 Å². The molecule has 36 heavy (non-hydrogen) atoms. The average Bonchev–Trinajstić information content (AvgIpc) is 2.83. The van der Waals surface area contributed by atoms with E-state index < -0.39 is 49.4 Å². The van der Waals surface area contributed by atoms with Crippen LogP contribution in [0.1, 0.15) is 24.2 Å². The Hall–Kier alpha value is -3.71. The van der Waals surface area contributed by atoms with Crippen molar-refractivity contribution < 1.29 is 59.1 Å². The summed E-state index contributed by atoms with van der Waals surface area (Å²) in [5, 5.41) is 61.3. The lowest BCUT2D eigenvalue weighted by Gasteiger charge is -2.41. The predicted octanol–water partition coefficient (Wildman–Crippen LogP) is 0.674. The first-order chi connectivity index (χ1) is 17.1. The molecule has 12 heteroatoms. The van der Waals surface area contributed by atoms with Gasteiger partial charge in [0, 0.05) is 24.6 Å². The second kappa shape index (κ2) is 10.1. The zero-order chi connectivity index (χ0) is 26.1. The van der Waals surface area contributed by atoms with Crippen LogP contribution in [0.25, 0.3) is 6.08 Å². The van der Waals surface area contributed by atoms with Crippen molar-refractivity contribution in [3.05, 3.63) is 47.2 Å². The van der Waals surface area contributed by atoms with E-state index in [4.69, 9.17) is 23.7 Å². The molecule has 0 saturated carbocycles. The number of esters is 1. The van der Waals surface area contributed by atoms with E-state index in [2.05, 4.69) is 0 Å². The van der Waals surface area contributed by atoms with E-state index in [1.54, 1.807) is 0 Å². The van der Waals surface area contributed by atoms with Crippen LogP contribution in [0, 0.1) is 0 Å². The van der Waals surface area contributed by atoms with Crippen LogP contribution in [-0.2, 0) is 19.0 Å². The first kappa shape index (κ1) is 25.4. The van der Waals surface area contributed by atoms with Crippen molar-refractivity contribution >= 4 is 12.0 Å². The molecular formula is C24H26O12. The van der Waals surface area contributed by atoms with Crippen LogP contribution in [-0.4, -0.2) is 81.0 Å². The molecule has 6 N–H and O–H groups in total. The Bertz CT molecular complexity index is 1160. The first-order valence-electron chi connectivity index (χ1n) is 10.9. The molecule has 0 aromatic heterocycles. The van der Waals surface area contributed by atoms with E-state index in [0.29, 0.717) is 5.56 Å². The summed E-state index contributed by atoms with van der Waals surface area (Å²) in [7, 11) is 1.36. The molecule has 2 aromatic rings. The maximum atomic E-state index is 11.2. The van der Waals surface area contributed by atoms with Crippen LogP contribution in [0.2, 0.25) is 0 Å². The van der Waals surface area contributed by atoms with Gasteiger partial charge in [-0.05, 0) is 18.2 Å². The number of phenolic OH excluding ortho intramolecular Hbond substituents is 3. The van der Waals surface area contributed by atoms with Gasteiger partial charge >= 0.3 is 5.97 Å². The molecular weight excluding hydrogens is 480 g/mol. The van der Waals surface area contributed by atoms with Crippen LogP contribution in [0.5, 0.6) is 28.7 Å². The van der Waals surface area contributed by atoms with Gasteiger partial charge in [-0.15, -0.1) is 0 Å². The molecule has 0 aliphatic carbocycles. The quantitative estimate of drug-likeness (QED) is 0.302. The summed E-state index contributed by atoms with van der Waals surface area (Å²) < 4.78 is 27.5. The second-order valence-corrected chi connectivity index (χ2v) is 8.29. The molecule has 2 aromatic carbocycles. The number of aliphatic hydroxyl groups excluding tert-OH is 3. The summed E-state index contributed by atoms with van der Waals surface area (Å²) >= 11 is 0.